The van der Waals surface area contributed by atoms with Crippen molar-refractivity contribution < 1.29 is 19.1 Å². The molecular formula is C20H24N4O4. The number of hydrogen-bond acceptors (Lipinski definition) is 6. The number of anilines is 2. The van der Waals surface area contributed by atoms with Crippen LogP contribution in [0.3, 0.4) is 0 Å². The molecule has 1 N–H and O–H groups in total. The second-order valence-corrected chi connectivity index (χ2v) is 6.26. The van der Waals surface area contributed by atoms with Crippen LogP contribution in [-0.2, 0) is 4.74 Å². The highest BCUT2D eigenvalue weighted by Crippen LogP contribution is 2.20. The lowest BCUT2D eigenvalue weighted by Crippen LogP contribution is -2.49. The van der Waals surface area contributed by atoms with Gasteiger partial charge < -0.3 is 24.6 Å². The van der Waals surface area contributed by atoms with E-state index in [1.165, 1.54) is 0 Å². The van der Waals surface area contributed by atoms with Gasteiger partial charge in [-0.3, -0.25) is 9.78 Å². The maximum Gasteiger partial charge on any atom is 0.409 e. The molecule has 2 aromatic rings. The number of nitrogens with one attached hydrogen (secondary N) is 1. The summed E-state index contributed by atoms with van der Waals surface area (Å²) in [6.07, 6.45) is 1.34. The molecule has 28 heavy (non-hydrogen) atoms. The highest BCUT2D eigenvalue weighted by atomic mass is 16.6. The van der Waals surface area contributed by atoms with Gasteiger partial charge in [0, 0.05) is 49.8 Å². The average molecular weight is 384 g/mol. The first-order chi connectivity index (χ1) is 13.6. The Kier molecular flexibility index (Phi) is 6.31. The number of rotatable bonds is 5. The number of pyridine rings is 1. The Morgan fingerprint density at radius 1 is 1.14 bits per heavy atom. The van der Waals surface area contributed by atoms with Gasteiger partial charge >= 0.3 is 6.09 Å². The molecule has 2 amide bonds. The smallest absolute Gasteiger partial charge is 0.409 e. The van der Waals surface area contributed by atoms with E-state index in [-0.39, 0.29) is 12.0 Å². The number of carbonyl (C=O) groups excluding carboxylic acids is 2. The zero-order valence-electron chi connectivity index (χ0n) is 16.1. The molecule has 0 atom stereocenters. The van der Waals surface area contributed by atoms with Gasteiger partial charge in [-0.25, -0.2) is 4.79 Å². The molecule has 1 saturated heterocycles. The lowest BCUT2D eigenvalue weighted by molar-refractivity contribution is 0.102. The van der Waals surface area contributed by atoms with Crippen molar-refractivity contribution in [3.63, 3.8) is 0 Å². The lowest BCUT2D eigenvalue weighted by atomic mass is 10.2. The second-order valence-electron chi connectivity index (χ2n) is 6.26. The molecular weight excluding hydrogens is 360 g/mol. The van der Waals surface area contributed by atoms with Crippen molar-refractivity contribution in [2.24, 2.45) is 0 Å². The van der Waals surface area contributed by atoms with Crippen LogP contribution in [0, 0.1) is 0 Å². The summed E-state index contributed by atoms with van der Waals surface area (Å²) in [6.45, 7) is 4.65. The molecule has 0 spiro atoms. The van der Waals surface area contributed by atoms with Gasteiger partial charge in [0.15, 0.2) is 0 Å². The van der Waals surface area contributed by atoms with Gasteiger partial charge in [-0.05, 0) is 31.2 Å². The molecule has 148 valence electrons. The Morgan fingerprint density at radius 3 is 2.64 bits per heavy atom. The minimum Gasteiger partial charge on any atom is -0.497 e. The first-order valence-electron chi connectivity index (χ1n) is 9.19. The fourth-order valence-corrected chi connectivity index (χ4v) is 3.00. The van der Waals surface area contributed by atoms with Crippen LogP contribution in [0.15, 0.2) is 42.6 Å². The molecule has 3 rings (SSSR count). The Labute approximate surface area is 164 Å². The van der Waals surface area contributed by atoms with Crippen molar-refractivity contribution in [2.75, 3.05) is 50.1 Å². The summed E-state index contributed by atoms with van der Waals surface area (Å²) in [4.78, 5) is 32.4. The van der Waals surface area contributed by atoms with Crippen LogP contribution < -0.4 is 15.0 Å². The number of carbonyl (C=O) groups is 2. The van der Waals surface area contributed by atoms with Crippen LogP contribution in [0.2, 0.25) is 0 Å². The molecule has 1 fully saturated rings. The first-order valence-corrected chi connectivity index (χ1v) is 9.19. The van der Waals surface area contributed by atoms with Gasteiger partial charge in [0.1, 0.15) is 11.4 Å². The number of amides is 2. The van der Waals surface area contributed by atoms with Crippen molar-refractivity contribution in [1.29, 1.82) is 0 Å². The van der Waals surface area contributed by atoms with Crippen LogP contribution in [0.4, 0.5) is 16.2 Å². The van der Waals surface area contributed by atoms with Crippen molar-refractivity contribution >= 4 is 23.4 Å². The third-order valence-corrected chi connectivity index (χ3v) is 4.47. The van der Waals surface area contributed by atoms with Crippen LogP contribution in [0.5, 0.6) is 5.75 Å². The second kappa shape index (κ2) is 9.07. The molecule has 0 aliphatic carbocycles. The molecule has 8 nitrogen and oxygen atoms in total. The van der Waals surface area contributed by atoms with Gasteiger partial charge in [-0.15, -0.1) is 0 Å². The first kappa shape index (κ1) is 19.5. The average Bonchev–Trinajstić information content (AvgIpc) is 2.74. The Bertz CT molecular complexity index is 834. The molecule has 0 radical (unpaired) electrons. The third-order valence-electron chi connectivity index (χ3n) is 4.47. The van der Waals surface area contributed by atoms with Crippen LogP contribution in [-0.4, -0.2) is 61.8 Å². The Hall–Kier alpha value is -3.29. The van der Waals surface area contributed by atoms with Crippen molar-refractivity contribution in [2.45, 2.75) is 6.92 Å². The van der Waals surface area contributed by atoms with Gasteiger partial charge in [0.2, 0.25) is 0 Å². The maximum atomic E-state index is 12.6. The van der Waals surface area contributed by atoms with Gasteiger partial charge in [-0.2, -0.15) is 0 Å². The molecule has 0 bridgehead atoms. The highest BCUT2D eigenvalue weighted by Gasteiger charge is 2.22. The highest BCUT2D eigenvalue weighted by molar-refractivity contribution is 6.03. The SMILES string of the molecule is CCOC(=O)N1CCN(c2ccnc(C(=O)Nc3cccc(OC)c3)c2)CC1. The summed E-state index contributed by atoms with van der Waals surface area (Å²) in [5, 5.41) is 2.83. The predicted octanol–water partition coefficient (Wildman–Crippen LogP) is 2.62. The van der Waals surface area contributed by atoms with E-state index in [9.17, 15) is 9.59 Å². The number of nitrogens with zero attached hydrogens (tertiary/aromatic N) is 3. The summed E-state index contributed by atoms with van der Waals surface area (Å²) >= 11 is 0. The van der Waals surface area contributed by atoms with E-state index >= 15 is 0 Å². The summed E-state index contributed by atoms with van der Waals surface area (Å²) in [7, 11) is 1.58. The molecule has 1 aliphatic heterocycles. The number of hydrogen-bond donors (Lipinski definition) is 1. The fraction of sp³-hybridized carbons (Fsp3) is 0.350. The summed E-state index contributed by atoms with van der Waals surface area (Å²) in [5.74, 6) is 0.374. The largest absolute Gasteiger partial charge is 0.497 e. The van der Waals surface area contributed by atoms with Crippen molar-refractivity contribution in [1.82, 2.24) is 9.88 Å². The van der Waals surface area contributed by atoms with Crippen LogP contribution >= 0.6 is 0 Å². The molecule has 2 heterocycles. The number of aromatic nitrogens is 1. The standard InChI is InChI=1S/C20H24N4O4/c1-3-28-20(26)24-11-9-23(10-12-24)16-7-8-21-18(14-16)19(25)22-15-5-4-6-17(13-15)27-2/h4-8,13-14H,3,9-12H2,1-2H3,(H,22,25). The molecule has 0 unspecified atom stereocenters. The van der Waals surface area contributed by atoms with E-state index in [4.69, 9.17) is 9.47 Å². The predicted molar refractivity (Wildman–Crippen MR) is 106 cm³/mol. The van der Waals surface area contributed by atoms with E-state index < -0.39 is 0 Å². The van der Waals surface area contributed by atoms with Crippen molar-refractivity contribution in [3.8, 4) is 5.75 Å². The third kappa shape index (κ3) is 4.70. The molecule has 8 heteroatoms. The zero-order valence-corrected chi connectivity index (χ0v) is 16.1. The number of ether oxygens (including phenoxy) is 2. The summed E-state index contributed by atoms with van der Waals surface area (Å²) in [6, 6.07) is 10.8. The van der Waals surface area contributed by atoms with E-state index in [1.807, 2.05) is 12.1 Å². The van der Waals surface area contributed by atoms with E-state index in [2.05, 4.69) is 15.2 Å². The van der Waals surface area contributed by atoms with E-state index in [0.29, 0.717) is 49.9 Å². The van der Waals surface area contributed by atoms with E-state index in [0.717, 1.165) is 5.69 Å². The number of benzene rings is 1. The maximum absolute atomic E-state index is 12.6. The Balaban J connectivity index is 1.64. The molecule has 1 aliphatic rings. The minimum absolute atomic E-state index is 0.282. The number of piperazine rings is 1. The molecule has 1 aromatic heterocycles. The van der Waals surface area contributed by atoms with Crippen LogP contribution in [0.1, 0.15) is 17.4 Å². The quantitative estimate of drug-likeness (QED) is 0.853. The summed E-state index contributed by atoms with van der Waals surface area (Å²) in [5.41, 5.74) is 1.86. The van der Waals surface area contributed by atoms with Crippen molar-refractivity contribution in [3.05, 3.63) is 48.3 Å². The minimum atomic E-state index is -0.291. The van der Waals surface area contributed by atoms with Gasteiger partial charge in [0.25, 0.3) is 5.91 Å². The summed E-state index contributed by atoms with van der Waals surface area (Å²) < 4.78 is 10.2. The Morgan fingerprint density at radius 2 is 1.93 bits per heavy atom. The molecule has 1 aromatic carbocycles. The molecule has 0 saturated carbocycles. The van der Waals surface area contributed by atoms with Gasteiger partial charge in [0.05, 0.1) is 13.7 Å². The van der Waals surface area contributed by atoms with Gasteiger partial charge in [-0.1, -0.05) is 6.07 Å². The lowest BCUT2D eigenvalue weighted by Gasteiger charge is -2.35. The monoisotopic (exact) mass is 384 g/mol. The zero-order chi connectivity index (χ0) is 19.9. The number of methoxy groups -OCH3 is 1. The van der Waals surface area contributed by atoms with E-state index in [1.54, 1.807) is 49.4 Å². The fourth-order valence-electron chi connectivity index (χ4n) is 3.00. The normalized spacial score (nSPS) is 13.8. The topological polar surface area (TPSA) is 84.0 Å². The van der Waals surface area contributed by atoms with Crippen LogP contribution in [0.25, 0.3) is 0 Å².